The standard InChI is InChI=1S/C18H23N3O3S.ClH/c22-18(21-16-6-3-10-19-13-16)9-11-20-25(23,24)17-8-7-14-4-1-2-5-15(14)12-17;/h1-2,4-5,7-8,12,16,19-20H,3,6,9-11,13H2,(H,21,22);1H/t16-;/m0./s1. The summed E-state index contributed by atoms with van der Waals surface area (Å²) < 4.78 is 27.3. The molecule has 142 valence electrons. The Balaban J connectivity index is 0.00000243. The summed E-state index contributed by atoms with van der Waals surface area (Å²) in [5, 5.41) is 8.02. The molecule has 2 aromatic rings. The Hall–Kier alpha value is -1.67. The van der Waals surface area contributed by atoms with Crippen LogP contribution >= 0.6 is 12.4 Å². The lowest BCUT2D eigenvalue weighted by Gasteiger charge is -2.23. The zero-order chi connectivity index (χ0) is 17.7. The van der Waals surface area contributed by atoms with Crippen molar-refractivity contribution in [2.45, 2.75) is 30.2 Å². The summed E-state index contributed by atoms with van der Waals surface area (Å²) in [4.78, 5) is 12.1. The highest BCUT2D eigenvalue weighted by Crippen LogP contribution is 2.18. The topological polar surface area (TPSA) is 87.3 Å². The molecule has 1 fully saturated rings. The van der Waals surface area contributed by atoms with Gasteiger partial charge in [0.2, 0.25) is 15.9 Å². The summed E-state index contributed by atoms with van der Waals surface area (Å²) in [6, 6.07) is 12.7. The van der Waals surface area contributed by atoms with Crippen molar-refractivity contribution in [3.05, 3.63) is 42.5 Å². The van der Waals surface area contributed by atoms with E-state index in [1.807, 2.05) is 24.3 Å². The average Bonchev–Trinajstić information content (AvgIpc) is 2.62. The molecule has 1 saturated heterocycles. The van der Waals surface area contributed by atoms with Crippen LogP contribution in [0.1, 0.15) is 19.3 Å². The number of carbonyl (C=O) groups excluding carboxylic acids is 1. The van der Waals surface area contributed by atoms with Crippen molar-refractivity contribution in [3.8, 4) is 0 Å². The zero-order valence-electron chi connectivity index (χ0n) is 14.4. The third-order valence-corrected chi connectivity index (χ3v) is 5.80. The third kappa shape index (κ3) is 5.41. The normalized spacial score (nSPS) is 17.5. The highest BCUT2D eigenvalue weighted by Gasteiger charge is 2.17. The van der Waals surface area contributed by atoms with E-state index in [2.05, 4.69) is 15.4 Å². The average molecular weight is 398 g/mol. The summed E-state index contributed by atoms with van der Waals surface area (Å²) in [6.45, 7) is 1.84. The third-order valence-electron chi connectivity index (χ3n) is 4.34. The van der Waals surface area contributed by atoms with Crippen LogP contribution in [0, 0.1) is 0 Å². The monoisotopic (exact) mass is 397 g/mol. The van der Waals surface area contributed by atoms with E-state index in [4.69, 9.17) is 0 Å². The van der Waals surface area contributed by atoms with Gasteiger partial charge >= 0.3 is 0 Å². The van der Waals surface area contributed by atoms with E-state index >= 15 is 0 Å². The van der Waals surface area contributed by atoms with Gasteiger partial charge in [-0.1, -0.05) is 30.3 Å². The van der Waals surface area contributed by atoms with Crippen LogP contribution in [0.5, 0.6) is 0 Å². The van der Waals surface area contributed by atoms with Gasteiger partial charge in [0.05, 0.1) is 4.90 Å². The lowest BCUT2D eigenvalue weighted by Crippen LogP contribution is -2.46. The highest BCUT2D eigenvalue weighted by atomic mass is 35.5. The molecule has 2 aromatic carbocycles. The van der Waals surface area contributed by atoms with Gasteiger partial charge in [-0.3, -0.25) is 4.79 Å². The van der Waals surface area contributed by atoms with Crippen LogP contribution in [0.3, 0.4) is 0 Å². The van der Waals surface area contributed by atoms with Crippen molar-refractivity contribution < 1.29 is 13.2 Å². The van der Waals surface area contributed by atoms with Gasteiger partial charge in [0.15, 0.2) is 0 Å². The van der Waals surface area contributed by atoms with E-state index in [0.717, 1.165) is 36.7 Å². The molecule has 1 amide bonds. The highest BCUT2D eigenvalue weighted by molar-refractivity contribution is 7.89. The summed E-state index contributed by atoms with van der Waals surface area (Å²) in [5.74, 6) is -0.130. The molecule has 3 N–H and O–H groups in total. The quantitative estimate of drug-likeness (QED) is 0.693. The van der Waals surface area contributed by atoms with Crippen molar-refractivity contribution in [3.63, 3.8) is 0 Å². The number of nitrogens with one attached hydrogen (secondary N) is 3. The fourth-order valence-electron chi connectivity index (χ4n) is 2.99. The number of sulfonamides is 1. The van der Waals surface area contributed by atoms with Gasteiger partial charge in [0.1, 0.15) is 0 Å². The Bertz CT molecular complexity index is 852. The van der Waals surface area contributed by atoms with Crippen molar-refractivity contribution in [1.82, 2.24) is 15.4 Å². The van der Waals surface area contributed by atoms with Gasteiger partial charge in [0, 0.05) is 25.6 Å². The molecule has 26 heavy (non-hydrogen) atoms. The van der Waals surface area contributed by atoms with E-state index in [1.54, 1.807) is 18.2 Å². The molecule has 1 aliphatic rings. The number of hydrogen-bond acceptors (Lipinski definition) is 4. The first-order valence-corrected chi connectivity index (χ1v) is 10.0. The SMILES string of the molecule is Cl.O=C(CCNS(=O)(=O)c1ccc2ccccc2c1)N[C@H]1CCCNC1. The van der Waals surface area contributed by atoms with Crippen LogP contribution in [0.25, 0.3) is 10.8 Å². The second-order valence-corrected chi connectivity index (χ2v) is 8.03. The van der Waals surface area contributed by atoms with Crippen LogP contribution in [-0.4, -0.2) is 40.0 Å². The molecular formula is C18H24ClN3O3S. The second-order valence-electron chi connectivity index (χ2n) is 6.27. The molecule has 0 spiro atoms. The molecule has 1 heterocycles. The molecule has 0 bridgehead atoms. The molecule has 8 heteroatoms. The van der Waals surface area contributed by atoms with Gasteiger partial charge in [0.25, 0.3) is 0 Å². The Morgan fingerprint density at radius 3 is 2.65 bits per heavy atom. The number of fused-ring (bicyclic) bond motifs is 1. The van der Waals surface area contributed by atoms with E-state index in [-0.39, 0.29) is 42.2 Å². The molecule has 1 aliphatic heterocycles. The first-order chi connectivity index (χ1) is 12.0. The molecular weight excluding hydrogens is 374 g/mol. The molecule has 0 aromatic heterocycles. The number of halogens is 1. The number of benzene rings is 2. The Kier molecular flexibility index (Phi) is 7.40. The molecule has 0 unspecified atom stereocenters. The van der Waals surface area contributed by atoms with Crippen molar-refractivity contribution in [2.75, 3.05) is 19.6 Å². The summed E-state index contributed by atoms with van der Waals surface area (Å²) in [5.41, 5.74) is 0. The first-order valence-electron chi connectivity index (χ1n) is 8.53. The van der Waals surface area contributed by atoms with Crippen molar-refractivity contribution in [1.29, 1.82) is 0 Å². The largest absolute Gasteiger partial charge is 0.352 e. The van der Waals surface area contributed by atoms with Gasteiger partial charge < -0.3 is 10.6 Å². The number of hydrogen-bond donors (Lipinski definition) is 3. The maximum atomic E-state index is 12.4. The maximum absolute atomic E-state index is 12.4. The van der Waals surface area contributed by atoms with Crippen LogP contribution in [0.15, 0.2) is 47.4 Å². The minimum absolute atomic E-state index is 0. The number of rotatable bonds is 6. The zero-order valence-corrected chi connectivity index (χ0v) is 16.0. The Morgan fingerprint density at radius 1 is 1.15 bits per heavy atom. The molecule has 3 rings (SSSR count). The van der Waals surface area contributed by atoms with E-state index < -0.39 is 10.0 Å². The number of carbonyl (C=O) groups is 1. The maximum Gasteiger partial charge on any atom is 0.240 e. The summed E-state index contributed by atoms with van der Waals surface area (Å²) >= 11 is 0. The Morgan fingerprint density at radius 2 is 1.92 bits per heavy atom. The van der Waals surface area contributed by atoms with Gasteiger partial charge in [-0.05, 0) is 42.3 Å². The predicted molar refractivity (Wildman–Crippen MR) is 105 cm³/mol. The van der Waals surface area contributed by atoms with Crippen LogP contribution in [-0.2, 0) is 14.8 Å². The lowest BCUT2D eigenvalue weighted by molar-refractivity contribution is -0.121. The van der Waals surface area contributed by atoms with Gasteiger partial charge in [-0.25, -0.2) is 13.1 Å². The van der Waals surface area contributed by atoms with E-state index in [0.29, 0.717) is 0 Å². The molecule has 0 radical (unpaired) electrons. The molecule has 1 atom stereocenters. The fraction of sp³-hybridized carbons (Fsp3) is 0.389. The van der Waals surface area contributed by atoms with Crippen molar-refractivity contribution in [2.24, 2.45) is 0 Å². The van der Waals surface area contributed by atoms with Crippen LogP contribution in [0.2, 0.25) is 0 Å². The summed E-state index contributed by atoms with van der Waals surface area (Å²) in [7, 11) is -3.62. The smallest absolute Gasteiger partial charge is 0.240 e. The summed E-state index contributed by atoms with van der Waals surface area (Å²) in [6.07, 6.45) is 2.13. The molecule has 6 nitrogen and oxygen atoms in total. The Labute approximate surface area is 160 Å². The lowest BCUT2D eigenvalue weighted by atomic mass is 10.1. The van der Waals surface area contributed by atoms with Gasteiger partial charge in [-0.2, -0.15) is 0 Å². The minimum Gasteiger partial charge on any atom is -0.352 e. The van der Waals surface area contributed by atoms with Gasteiger partial charge in [-0.15, -0.1) is 12.4 Å². The van der Waals surface area contributed by atoms with E-state index in [9.17, 15) is 13.2 Å². The van der Waals surface area contributed by atoms with Crippen LogP contribution < -0.4 is 15.4 Å². The molecule has 0 saturated carbocycles. The first kappa shape index (κ1) is 20.6. The minimum atomic E-state index is -3.62. The molecule has 0 aliphatic carbocycles. The number of piperidine rings is 1. The van der Waals surface area contributed by atoms with E-state index in [1.165, 1.54) is 0 Å². The predicted octanol–water partition coefficient (Wildman–Crippen LogP) is 1.80. The fourth-order valence-corrected chi connectivity index (χ4v) is 4.06. The number of amides is 1. The van der Waals surface area contributed by atoms with Crippen molar-refractivity contribution >= 4 is 39.1 Å². The van der Waals surface area contributed by atoms with Crippen LogP contribution in [0.4, 0.5) is 0 Å². The second kappa shape index (κ2) is 9.32.